The fourth-order valence-electron chi connectivity index (χ4n) is 3.20. The zero-order valence-corrected chi connectivity index (χ0v) is 15.9. The summed E-state index contributed by atoms with van der Waals surface area (Å²) in [4.78, 5) is 27.2. The number of H-pyrrole nitrogens is 1. The molecule has 0 aliphatic rings. The second-order valence-electron chi connectivity index (χ2n) is 6.83. The minimum atomic E-state index is -0.530. The van der Waals surface area contributed by atoms with E-state index in [2.05, 4.69) is 16.4 Å². The number of carbonyl (C=O) groups is 2. The Labute approximate surface area is 158 Å². The lowest BCUT2D eigenvalue weighted by molar-refractivity contribution is -0.124. The third-order valence-corrected chi connectivity index (χ3v) is 4.62. The number of esters is 1. The Morgan fingerprint density at radius 1 is 1.04 bits per heavy atom. The van der Waals surface area contributed by atoms with Crippen molar-refractivity contribution in [3.05, 3.63) is 70.4 Å². The van der Waals surface area contributed by atoms with E-state index < -0.39 is 5.97 Å². The van der Waals surface area contributed by atoms with E-state index in [9.17, 15) is 9.59 Å². The van der Waals surface area contributed by atoms with Gasteiger partial charge < -0.3 is 15.0 Å². The van der Waals surface area contributed by atoms with Crippen LogP contribution in [0.25, 0.3) is 10.9 Å². The number of hydrogen-bond acceptors (Lipinski definition) is 3. The lowest BCUT2D eigenvalue weighted by Gasteiger charge is -2.08. The number of aryl methyl sites for hydroxylation is 3. The summed E-state index contributed by atoms with van der Waals surface area (Å²) in [7, 11) is 0. The Hall–Kier alpha value is -3.08. The fraction of sp³-hybridized carbons (Fsp3) is 0.273. The topological polar surface area (TPSA) is 71.2 Å². The molecule has 2 N–H and O–H groups in total. The number of nitrogens with one attached hydrogen (secondary N) is 2. The van der Waals surface area contributed by atoms with E-state index >= 15 is 0 Å². The first-order chi connectivity index (χ1) is 12.9. The molecule has 0 radical (unpaired) electrons. The van der Waals surface area contributed by atoms with Gasteiger partial charge in [0.05, 0.1) is 0 Å². The van der Waals surface area contributed by atoms with E-state index in [1.165, 1.54) is 11.1 Å². The van der Waals surface area contributed by atoms with Gasteiger partial charge in [0.2, 0.25) is 0 Å². The highest BCUT2D eigenvalue weighted by Crippen LogP contribution is 2.21. The Morgan fingerprint density at radius 2 is 1.81 bits per heavy atom. The molecule has 2 aromatic carbocycles. The van der Waals surface area contributed by atoms with E-state index in [4.69, 9.17) is 4.74 Å². The molecule has 0 atom stereocenters. The Morgan fingerprint density at radius 3 is 2.59 bits per heavy atom. The number of fused-ring (bicyclic) bond motifs is 1. The maximum atomic E-state index is 12.2. The van der Waals surface area contributed by atoms with Gasteiger partial charge in [0.1, 0.15) is 5.69 Å². The molecule has 0 spiro atoms. The normalized spacial score (nSPS) is 10.8. The largest absolute Gasteiger partial charge is 0.451 e. The van der Waals surface area contributed by atoms with Gasteiger partial charge in [0.15, 0.2) is 6.61 Å². The van der Waals surface area contributed by atoms with Crippen LogP contribution in [0.1, 0.15) is 32.7 Å². The molecule has 5 heteroatoms. The number of carbonyl (C=O) groups excluding carboxylic acids is 2. The Kier molecular flexibility index (Phi) is 5.60. The summed E-state index contributed by atoms with van der Waals surface area (Å²) < 4.78 is 5.13. The van der Waals surface area contributed by atoms with Gasteiger partial charge >= 0.3 is 5.97 Å². The molecule has 0 unspecified atom stereocenters. The van der Waals surface area contributed by atoms with Gasteiger partial charge in [-0.05, 0) is 61.6 Å². The molecule has 1 amide bonds. The predicted molar refractivity (Wildman–Crippen MR) is 106 cm³/mol. The third kappa shape index (κ3) is 4.56. The van der Waals surface area contributed by atoms with E-state index in [1.54, 1.807) is 6.07 Å². The third-order valence-electron chi connectivity index (χ3n) is 4.62. The van der Waals surface area contributed by atoms with E-state index in [0.29, 0.717) is 12.2 Å². The van der Waals surface area contributed by atoms with Crippen LogP contribution in [-0.4, -0.2) is 30.0 Å². The number of hydrogen-bond donors (Lipinski definition) is 2. The predicted octanol–water partition coefficient (Wildman–Crippen LogP) is 3.61. The van der Waals surface area contributed by atoms with Gasteiger partial charge in [-0.15, -0.1) is 0 Å². The molecule has 0 aliphatic heterocycles. The van der Waals surface area contributed by atoms with Gasteiger partial charge in [0, 0.05) is 17.4 Å². The van der Waals surface area contributed by atoms with Crippen LogP contribution in [0.4, 0.5) is 0 Å². The fourth-order valence-corrected chi connectivity index (χ4v) is 3.20. The van der Waals surface area contributed by atoms with Crippen molar-refractivity contribution >= 4 is 22.8 Å². The molecule has 1 heterocycles. The summed E-state index contributed by atoms with van der Waals surface area (Å²) in [5, 5.41) is 3.76. The van der Waals surface area contributed by atoms with E-state index in [0.717, 1.165) is 28.5 Å². The van der Waals surface area contributed by atoms with Gasteiger partial charge in [-0.1, -0.05) is 30.3 Å². The van der Waals surface area contributed by atoms with Gasteiger partial charge in [-0.25, -0.2) is 4.79 Å². The number of ether oxygens (including phenoxy) is 1. The molecule has 0 fully saturated rings. The number of rotatable bonds is 6. The highest BCUT2D eigenvalue weighted by molar-refractivity contribution is 5.96. The second-order valence-corrected chi connectivity index (χ2v) is 6.83. The SMILES string of the molecule is Cc1cc(C)c2cc(C(=O)OCC(=O)NCCc3ccccc3C)[nH]c2c1. The van der Waals surface area contributed by atoms with Crippen molar-refractivity contribution in [1.29, 1.82) is 0 Å². The molecule has 0 saturated carbocycles. The summed E-state index contributed by atoms with van der Waals surface area (Å²) in [6.45, 7) is 6.27. The summed E-state index contributed by atoms with van der Waals surface area (Å²) in [6, 6.07) is 13.9. The maximum absolute atomic E-state index is 12.2. The zero-order valence-electron chi connectivity index (χ0n) is 15.9. The first-order valence-electron chi connectivity index (χ1n) is 9.02. The van der Waals surface area contributed by atoms with Gasteiger partial charge in [-0.3, -0.25) is 4.79 Å². The molecular weight excluding hydrogens is 340 g/mol. The average Bonchev–Trinajstić information content (AvgIpc) is 3.06. The van der Waals surface area contributed by atoms with Crippen LogP contribution in [0, 0.1) is 20.8 Å². The molecule has 3 rings (SSSR count). The standard InChI is InChI=1S/C22H24N2O3/c1-14-10-16(3)18-12-20(24-19(18)11-14)22(26)27-13-21(25)23-9-8-17-7-5-4-6-15(17)2/h4-7,10-12,24H,8-9,13H2,1-3H3,(H,23,25). The lowest BCUT2D eigenvalue weighted by atomic mass is 10.1. The van der Waals surface area contributed by atoms with Crippen molar-refractivity contribution in [2.24, 2.45) is 0 Å². The first kappa shape index (κ1) is 18.7. The Bertz CT molecular complexity index is 988. The van der Waals surface area contributed by atoms with Crippen molar-refractivity contribution in [2.45, 2.75) is 27.2 Å². The smallest absolute Gasteiger partial charge is 0.355 e. The first-order valence-corrected chi connectivity index (χ1v) is 9.02. The molecular formula is C22H24N2O3. The van der Waals surface area contributed by atoms with Crippen LogP contribution >= 0.6 is 0 Å². The van der Waals surface area contributed by atoms with Crippen molar-refractivity contribution < 1.29 is 14.3 Å². The molecule has 0 aliphatic carbocycles. The van der Waals surface area contributed by atoms with Crippen LogP contribution in [0.2, 0.25) is 0 Å². The second kappa shape index (κ2) is 8.08. The molecule has 0 bridgehead atoms. The van der Waals surface area contributed by atoms with Gasteiger partial charge in [0.25, 0.3) is 5.91 Å². The number of amides is 1. The number of aromatic nitrogens is 1. The minimum Gasteiger partial charge on any atom is -0.451 e. The summed E-state index contributed by atoms with van der Waals surface area (Å²) in [6.07, 6.45) is 0.743. The average molecular weight is 364 g/mol. The molecule has 1 aromatic heterocycles. The van der Waals surface area contributed by atoms with E-state index in [1.807, 2.05) is 51.1 Å². The zero-order chi connectivity index (χ0) is 19.4. The maximum Gasteiger partial charge on any atom is 0.355 e. The van der Waals surface area contributed by atoms with Crippen molar-refractivity contribution in [2.75, 3.05) is 13.2 Å². The monoisotopic (exact) mass is 364 g/mol. The van der Waals surface area contributed by atoms with Crippen molar-refractivity contribution in [3.63, 3.8) is 0 Å². The van der Waals surface area contributed by atoms with Crippen LogP contribution in [-0.2, 0) is 16.0 Å². The van der Waals surface area contributed by atoms with Crippen molar-refractivity contribution in [1.82, 2.24) is 10.3 Å². The van der Waals surface area contributed by atoms with Gasteiger partial charge in [-0.2, -0.15) is 0 Å². The molecule has 5 nitrogen and oxygen atoms in total. The highest BCUT2D eigenvalue weighted by atomic mass is 16.5. The highest BCUT2D eigenvalue weighted by Gasteiger charge is 2.14. The number of aromatic amines is 1. The van der Waals surface area contributed by atoms with Crippen LogP contribution < -0.4 is 5.32 Å². The summed E-state index contributed by atoms with van der Waals surface area (Å²) in [5.41, 5.74) is 5.85. The van der Waals surface area contributed by atoms with Crippen LogP contribution in [0.5, 0.6) is 0 Å². The summed E-state index contributed by atoms with van der Waals surface area (Å²) >= 11 is 0. The van der Waals surface area contributed by atoms with Crippen LogP contribution in [0.15, 0.2) is 42.5 Å². The van der Waals surface area contributed by atoms with Crippen LogP contribution in [0.3, 0.4) is 0 Å². The van der Waals surface area contributed by atoms with E-state index in [-0.39, 0.29) is 12.5 Å². The lowest BCUT2D eigenvalue weighted by Crippen LogP contribution is -2.30. The molecule has 140 valence electrons. The van der Waals surface area contributed by atoms with Crippen molar-refractivity contribution in [3.8, 4) is 0 Å². The number of benzene rings is 2. The summed E-state index contributed by atoms with van der Waals surface area (Å²) in [5.74, 6) is -0.836. The Balaban J connectivity index is 1.51. The molecule has 3 aromatic rings. The molecule has 0 saturated heterocycles. The quantitative estimate of drug-likeness (QED) is 0.657. The minimum absolute atomic E-state index is 0.292. The molecule has 27 heavy (non-hydrogen) atoms.